The second-order valence-corrected chi connectivity index (χ2v) is 9.62. The molecule has 3 unspecified atom stereocenters. The van der Waals surface area contributed by atoms with Crippen molar-refractivity contribution in [3.63, 3.8) is 0 Å². The van der Waals surface area contributed by atoms with Crippen LogP contribution in [-0.2, 0) is 19.6 Å². The predicted molar refractivity (Wildman–Crippen MR) is 110 cm³/mol. The molecule has 150 valence electrons. The molecule has 8 heteroatoms. The fraction of sp³-hybridized carbons (Fsp3) is 0.400. The molecule has 6 nitrogen and oxygen atoms in total. The maximum Gasteiger partial charge on any atom is 0.309 e. The molecule has 1 spiro atoms. The molecule has 28 heavy (non-hydrogen) atoms. The van der Waals surface area contributed by atoms with Crippen LogP contribution in [-0.4, -0.2) is 48.8 Å². The summed E-state index contributed by atoms with van der Waals surface area (Å²) in [5, 5.41) is 0. The molecule has 0 saturated carbocycles. The van der Waals surface area contributed by atoms with Gasteiger partial charge in [0.05, 0.1) is 28.4 Å². The zero-order valence-electron chi connectivity index (χ0n) is 15.7. The lowest BCUT2D eigenvalue weighted by molar-refractivity contribution is -0.146. The molecule has 0 bridgehead atoms. The number of hydrogen-bond donors (Lipinski definition) is 1. The van der Waals surface area contributed by atoms with Crippen LogP contribution in [0.2, 0.25) is 0 Å². The molecular formula is C20H23NO5S2. The number of benzene rings is 1. The van der Waals surface area contributed by atoms with E-state index in [1.807, 2.05) is 24.8 Å². The van der Waals surface area contributed by atoms with E-state index >= 15 is 0 Å². The van der Waals surface area contributed by atoms with Crippen molar-refractivity contribution >= 4 is 33.6 Å². The van der Waals surface area contributed by atoms with E-state index in [9.17, 15) is 13.2 Å². The molecular weight excluding hydrogens is 398 g/mol. The minimum Gasteiger partial charge on any atom is -0.469 e. The van der Waals surface area contributed by atoms with Gasteiger partial charge in [-0.25, -0.2) is 0 Å². The normalized spacial score (nSPS) is 27.8. The van der Waals surface area contributed by atoms with Gasteiger partial charge in [0.25, 0.3) is 10.1 Å². The number of rotatable bonds is 2. The first-order valence-corrected chi connectivity index (χ1v) is 11.4. The molecule has 2 heterocycles. The molecule has 0 aromatic heterocycles. The summed E-state index contributed by atoms with van der Waals surface area (Å²) in [4.78, 5) is 16.4. The number of thioether (sulfide) groups is 1. The maximum atomic E-state index is 11.8. The summed E-state index contributed by atoms with van der Waals surface area (Å²) in [6.07, 6.45) is 9.37. The first-order valence-electron chi connectivity index (χ1n) is 8.95. The number of carbonyl (C=O) groups excluding carboxylic acids is 1. The number of aryl methyl sites for hydroxylation is 1. The van der Waals surface area contributed by atoms with E-state index < -0.39 is 10.1 Å². The van der Waals surface area contributed by atoms with E-state index in [0.29, 0.717) is 5.92 Å². The van der Waals surface area contributed by atoms with Gasteiger partial charge in [-0.2, -0.15) is 8.42 Å². The van der Waals surface area contributed by atoms with Gasteiger partial charge in [0, 0.05) is 12.3 Å². The van der Waals surface area contributed by atoms with Crippen molar-refractivity contribution in [3.8, 4) is 0 Å². The van der Waals surface area contributed by atoms with Crippen molar-refractivity contribution in [3.05, 3.63) is 54.1 Å². The van der Waals surface area contributed by atoms with Gasteiger partial charge in [-0.15, -0.1) is 11.8 Å². The molecule has 1 aliphatic carbocycles. The lowest BCUT2D eigenvalue weighted by Crippen LogP contribution is -2.44. The van der Waals surface area contributed by atoms with Crippen LogP contribution in [0.3, 0.4) is 0 Å². The topological polar surface area (TPSA) is 93.0 Å². The Hall–Kier alpha value is -1.90. The fourth-order valence-electron chi connectivity index (χ4n) is 3.76. The van der Waals surface area contributed by atoms with Crippen LogP contribution >= 0.6 is 11.8 Å². The van der Waals surface area contributed by atoms with Gasteiger partial charge in [-0.05, 0) is 37.5 Å². The molecule has 0 radical (unpaired) electrons. The molecule has 0 amide bonds. The van der Waals surface area contributed by atoms with Gasteiger partial charge in [0.1, 0.15) is 0 Å². The first kappa shape index (κ1) is 20.8. The Morgan fingerprint density at radius 3 is 2.64 bits per heavy atom. The highest BCUT2D eigenvalue weighted by atomic mass is 32.2. The second-order valence-electron chi connectivity index (χ2n) is 6.90. The van der Waals surface area contributed by atoms with Crippen LogP contribution in [0, 0.1) is 18.8 Å². The Bertz CT molecular complexity index is 934. The molecule has 1 saturated heterocycles. The van der Waals surface area contributed by atoms with Crippen LogP contribution in [0.1, 0.15) is 12.0 Å². The Morgan fingerprint density at radius 1 is 1.29 bits per heavy atom. The Labute approximate surface area is 169 Å². The summed E-state index contributed by atoms with van der Waals surface area (Å²) in [6.45, 7) is 2.67. The highest BCUT2D eigenvalue weighted by Crippen LogP contribution is 2.53. The SMILES string of the molecule is COC(=O)C1CSC23C=CC=CC2=NCCC13.Cc1ccc(S(=O)(=O)O)cc1. The summed E-state index contributed by atoms with van der Waals surface area (Å²) < 4.78 is 34.4. The average molecular weight is 422 g/mol. The third-order valence-electron chi connectivity index (χ3n) is 5.19. The number of esters is 1. The molecule has 2 aliphatic heterocycles. The highest BCUT2D eigenvalue weighted by molar-refractivity contribution is 8.02. The fourth-order valence-corrected chi connectivity index (χ4v) is 6.01. The maximum absolute atomic E-state index is 11.8. The largest absolute Gasteiger partial charge is 0.469 e. The predicted octanol–water partition coefficient (Wildman–Crippen LogP) is 3.09. The molecule has 3 aliphatic rings. The number of aliphatic imine (C=N–C) groups is 1. The zero-order chi connectivity index (χ0) is 20.4. The summed E-state index contributed by atoms with van der Waals surface area (Å²) in [7, 11) is -2.54. The third-order valence-corrected chi connectivity index (χ3v) is 7.71. The molecule has 1 fully saturated rings. The van der Waals surface area contributed by atoms with Crippen LogP contribution < -0.4 is 0 Å². The number of hydrogen-bond acceptors (Lipinski definition) is 6. The monoisotopic (exact) mass is 421 g/mol. The minimum atomic E-state index is -4.02. The van der Waals surface area contributed by atoms with Gasteiger partial charge in [-0.1, -0.05) is 35.9 Å². The first-order chi connectivity index (χ1) is 13.3. The van der Waals surface area contributed by atoms with Gasteiger partial charge in [0.2, 0.25) is 0 Å². The number of ether oxygens (including phenoxy) is 1. The molecule has 1 aromatic rings. The Morgan fingerprint density at radius 2 is 2.00 bits per heavy atom. The second kappa shape index (κ2) is 8.23. The molecule has 1 aromatic carbocycles. The van der Waals surface area contributed by atoms with Gasteiger partial charge in [-0.3, -0.25) is 14.3 Å². The summed E-state index contributed by atoms with van der Waals surface area (Å²) in [5.74, 6) is 1.14. The third kappa shape index (κ3) is 4.09. The highest BCUT2D eigenvalue weighted by Gasteiger charge is 2.54. The van der Waals surface area contributed by atoms with E-state index in [0.717, 1.165) is 30.0 Å². The molecule has 1 N–H and O–H groups in total. The lowest BCUT2D eigenvalue weighted by Gasteiger charge is -2.37. The Balaban J connectivity index is 0.000000178. The summed E-state index contributed by atoms with van der Waals surface area (Å²) >= 11 is 1.84. The van der Waals surface area contributed by atoms with Crippen LogP contribution in [0.5, 0.6) is 0 Å². The number of nitrogens with zero attached hydrogens (tertiary/aromatic N) is 1. The van der Waals surface area contributed by atoms with Gasteiger partial charge >= 0.3 is 5.97 Å². The number of carbonyl (C=O) groups is 1. The van der Waals surface area contributed by atoms with Crippen molar-refractivity contribution in [2.45, 2.75) is 23.0 Å². The summed E-state index contributed by atoms with van der Waals surface area (Å²) in [5.41, 5.74) is 2.09. The van der Waals surface area contributed by atoms with E-state index in [1.54, 1.807) is 12.1 Å². The Kier molecular flexibility index (Phi) is 6.12. The quantitative estimate of drug-likeness (QED) is 0.583. The minimum absolute atomic E-state index is 0.0200. The van der Waals surface area contributed by atoms with E-state index in [4.69, 9.17) is 9.29 Å². The zero-order valence-corrected chi connectivity index (χ0v) is 17.4. The van der Waals surface area contributed by atoms with E-state index in [1.165, 1.54) is 19.2 Å². The van der Waals surface area contributed by atoms with E-state index in [2.05, 4.69) is 23.2 Å². The van der Waals surface area contributed by atoms with Crippen molar-refractivity contribution in [1.82, 2.24) is 0 Å². The van der Waals surface area contributed by atoms with Gasteiger partial charge in [0.15, 0.2) is 0 Å². The standard InChI is InChI=1S/C13H15NO2S.C7H8O3S/c1-16-12(15)9-8-17-13-6-3-2-4-11(13)14-7-5-10(9)13;1-6-2-4-7(5-3-6)11(8,9)10/h2-4,6,9-10H,5,7-8H2,1H3;2-5H,1H3,(H,8,9,10). The molecule has 4 rings (SSSR count). The van der Waals surface area contributed by atoms with Crippen molar-refractivity contribution in [2.24, 2.45) is 16.8 Å². The number of methoxy groups -OCH3 is 1. The average Bonchev–Trinajstić information content (AvgIpc) is 3.05. The smallest absolute Gasteiger partial charge is 0.309 e. The van der Waals surface area contributed by atoms with Crippen molar-refractivity contribution in [1.29, 1.82) is 0 Å². The van der Waals surface area contributed by atoms with Crippen molar-refractivity contribution < 1.29 is 22.5 Å². The van der Waals surface area contributed by atoms with Crippen LogP contribution in [0.4, 0.5) is 0 Å². The van der Waals surface area contributed by atoms with Crippen molar-refractivity contribution in [2.75, 3.05) is 19.4 Å². The number of allylic oxidation sites excluding steroid dienone is 3. The van der Waals surface area contributed by atoms with E-state index in [-0.39, 0.29) is 21.5 Å². The van der Waals surface area contributed by atoms with Crippen LogP contribution in [0.25, 0.3) is 0 Å². The van der Waals surface area contributed by atoms with Gasteiger partial charge < -0.3 is 4.74 Å². The summed E-state index contributed by atoms with van der Waals surface area (Å²) in [6, 6.07) is 5.99. The molecule has 3 atom stereocenters. The van der Waals surface area contributed by atoms with Crippen LogP contribution in [0.15, 0.2) is 58.5 Å². The lowest BCUT2D eigenvalue weighted by atomic mass is 9.74.